The lowest BCUT2D eigenvalue weighted by Crippen LogP contribution is -2.26. The highest BCUT2D eigenvalue weighted by atomic mass is 127. The summed E-state index contributed by atoms with van der Waals surface area (Å²) in [6.07, 6.45) is -0.358. The van der Waals surface area contributed by atoms with E-state index in [-0.39, 0.29) is 26.5 Å². The smallest absolute Gasteiger partial charge is 0.268 e. The molecule has 17 heavy (non-hydrogen) atoms. The van der Waals surface area contributed by atoms with Crippen molar-refractivity contribution in [1.82, 2.24) is 9.97 Å². The molecule has 1 heterocycles. The molecule has 0 aliphatic carbocycles. The number of hydrogen-bond acceptors (Lipinski definition) is 4. The van der Waals surface area contributed by atoms with Crippen LogP contribution in [0.2, 0.25) is 0 Å². The second-order valence-electron chi connectivity index (χ2n) is 4.79. The van der Waals surface area contributed by atoms with Gasteiger partial charge in [-0.15, -0.1) is 0 Å². The zero-order chi connectivity index (χ0) is 13.2. The maximum atomic E-state index is 11.6. The fourth-order valence-corrected chi connectivity index (χ4v) is 1.75. The van der Waals surface area contributed by atoms with E-state index in [2.05, 4.69) is 9.97 Å². The zero-order valence-electron chi connectivity index (χ0n) is 10.4. The quantitative estimate of drug-likeness (QED) is 0.818. The SMILES string of the molecule is CCOC(c1nc(O)c(I)c(=O)[nH]1)C(C)(C)C. The normalized spacial score (nSPS) is 13.7. The molecule has 0 aromatic carbocycles. The average molecular weight is 352 g/mol. The minimum absolute atomic E-state index is 0.190. The Labute approximate surface area is 114 Å². The van der Waals surface area contributed by atoms with E-state index >= 15 is 0 Å². The van der Waals surface area contributed by atoms with Crippen molar-refractivity contribution >= 4 is 22.6 Å². The van der Waals surface area contributed by atoms with Crippen LogP contribution in [0.3, 0.4) is 0 Å². The van der Waals surface area contributed by atoms with Crippen molar-refractivity contribution in [3.05, 3.63) is 19.7 Å². The third-order valence-electron chi connectivity index (χ3n) is 2.23. The van der Waals surface area contributed by atoms with Gasteiger partial charge >= 0.3 is 0 Å². The van der Waals surface area contributed by atoms with Crippen molar-refractivity contribution in [1.29, 1.82) is 0 Å². The van der Waals surface area contributed by atoms with E-state index in [1.54, 1.807) is 22.6 Å². The van der Waals surface area contributed by atoms with Gasteiger partial charge in [0, 0.05) is 6.61 Å². The van der Waals surface area contributed by atoms with E-state index < -0.39 is 0 Å². The molecule has 0 saturated heterocycles. The molecule has 6 heteroatoms. The number of H-pyrrole nitrogens is 1. The molecule has 0 spiro atoms. The lowest BCUT2D eigenvalue weighted by molar-refractivity contribution is -0.0196. The van der Waals surface area contributed by atoms with Crippen LogP contribution in [-0.4, -0.2) is 21.7 Å². The second kappa shape index (κ2) is 5.34. The third kappa shape index (κ3) is 3.41. The average Bonchev–Trinajstić information content (AvgIpc) is 2.20. The topological polar surface area (TPSA) is 75.2 Å². The van der Waals surface area contributed by atoms with E-state index in [1.807, 2.05) is 27.7 Å². The first-order chi connectivity index (χ1) is 7.77. The molecule has 96 valence electrons. The van der Waals surface area contributed by atoms with Gasteiger partial charge in [-0.1, -0.05) is 20.8 Å². The number of aromatic amines is 1. The molecule has 1 rings (SSSR count). The molecule has 0 aliphatic rings. The van der Waals surface area contributed by atoms with Gasteiger partial charge in [0.2, 0.25) is 5.88 Å². The van der Waals surface area contributed by atoms with Crippen LogP contribution >= 0.6 is 22.6 Å². The fraction of sp³-hybridized carbons (Fsp3) is 0.636. The molecule has 0 fully saturated rings. The van der Waals surface area contributed by atoms with Crippen LogP contribution in [0.1, 0.15) is 39.6 Å². The Morgan fingerprint density at radius 1 is 1.53 bits per heavy atom. The molecule has 1 aromatic heterocycles. The summed E-state index contributed by atoms with van der Waals surface area (Å²) < 4.78 is 5.79. The van der Waals surface area contributed by atoms with E-state index in [9.17, 15) is 9.90 Å². The Morgan fingerprint density at radius 3 is 2.53 bits per heavy atom. The van der Waals surface area contributed by atoms with Crippen LogP contribution in [0.15, 0.2) is 4.79 Å². The van der Waals surface area contributed by atoms with Crippen LogP contribution in [0.4, 0.5) is 0 Å². The Kier molecular flexibility index (Phi) is 4.54. The summed E-state index contributed by atoms with van der Waals surface area (Å²) in [5.41, 5.74) is -0.562. The number of halogens is 1. The molecule has 0 amide bonds. The van der Waals surface area contributed by atoms with E-state index in [0.29, 0.717) is 12.4 Å². The summed E-state index contributed by atoms with van der Waals surface area (Å²) >= 11 is 1.75. The van der Waals surface area contributed by atoms with Gasteiger partial charge < -0.3 is 14.8 Å². The van der Waals surface area contributed by atoms with E-state index in [0.717, 1.165) is 0 Å². The first-order valence-corrected chi connectivity index (χ1v) is 6.45. The zero-order valence-corrected chi connectivity index (χ0v) is 12.5. The standard InChI is InChI=1S/C11H17IN2O3/c1-5-17-7(11(2,3)4)8-13-9(15)6(12)10(16)14-8/h7H,5H2,1-4H3,(H2,13,14,15,16). The third-order valence-corrected chi connectivity index (χ3v) is 3.20. The molecule has 5 nitrogen and oxygen atoms in total. The molecule has 1 atom stereocenters. The number of ether oxygens (including phenoxy) is 1. The summed E-state index contributed by atoms with van der Waals surface area (Å²) in [6, 6.07) is 0. The van der Waals surface area contributed by atoms with Crippen molar-refractivity contribution in [2.75, 3.05) is 6.61 Å². The van der Waals surface area contributed by atoms with Gasteiger partial charge in [-0.3, -0.25) is 4.79 Å². The first kappa shape index (κ1) is 14.4. The van der Waals surface area contributed by atoms with Crippen molar-refractivity contribution in [3.63, 3.8) is 0 Å². The van der Waals surface area contributed by atoms with Crippen LogP contribution < -0.4 is 5.56 Å². The highest BCUT2D eigenvalue weighted by molar-refractivity contribution is 14.1. The van der Waals surface area contributed by atoms with Gasteiger partial charge in [-0.2, -0.15) is 4.98 Å². The highest BCUT2D eigenvalue weighted by Gasteiger charge is 2.29. The molecule has 0 bridgehead atoms. The summed E-state index contributed by atoms with van der Waals surface area (Å²) in [5.74, 6) is 0.112. The molecule has 1 aromatic rings. The predicted octanol–water partition coefficient (Wildman–Crippen LogP) is 2.20. The summed E-state index contributed by atoms with van der Waals surface area (Å²) in [6.45, 7) is 8.36. The van der Waals surface area contributed by atoms with Crippen LogP contribution in [0, 0.1) is 8.99 Å². The van der Waals surface area contributed by atoms with Crippen molar-refractivity contribution in [2.24, 2.45) is 5.41 Å². The van der Waals surface area contributed by atoms with Crippen molar-refractivity contribution in [3.8, 4) is 5.88 Å². The molecule has 2 N–H and O–H groups in total. The number of aromatic hydroxyl groups is 1. The first-order valence-electron chi connectivity index (χ1n) is 5.37. The van der Waals surface area contributed by atoms with Gasteiger partial charge in [0.15, 0.2) is 0 Å². The fourth-order valence-electron chi connectivity index (χ4n) is 1.49. The number of nitrogens with zero attached hydrogens (tertiary/aromatic N) is 1. The van der Waals surface area contributed by atoms with Crippen molar-refractivity contribution < 1.29 is 9.84 Å². The van der Waals surface area contributed by atoms with Gasteiger partial charge in [-0.25, -0.2) is 0 Å². The molecule has 0 radical (unpaired) electrons. The largest absolute Gasteiger partial charge is 0.492 e. The van der Waals surface area contributed by atoms with E-state index in [4.69, 9.17) is 4.74 Å². The Hall–Kier alpha value is -0.630. The number of hydrogen-bond donors (Lipinski definition) is 2. The van der Waals surface area contributed by atoms with Gasteiger partial charge in [0.25, 0.3) is 5.56 Å². The van der Waals surface area contributed by atoms with E-state index in [1.165, 1.54) is 0 Å². The number of aromatic nitrogens is 2. The van der Waals surface area contributed by atoms with Gasteiger partial charge in [0.05, 0.1) is 0 Å². The summed E-state index contributed by atoms with van der Waals surface area (Å²) in [5, 5.41) is 9.57. The number of nitrogens with one attached hydrogen (secondary N) is 1. The highest BCUT2D eigenvalue weighted by Crippen LogP contribution is 2.34. The molecule has 0 saturated carbocycles. The summed E-state index contributed by atoms with van der Waals surface area (Å²) in [4.78, 5) is 18.2. The minimum Gasteiger partial charge on any atom is -0.492 e. The summed E-state index contributed by atoms with van der Waals surface area (Å²) in [7, 11) is 0. The molecular weight excluding hydrogens is 335 g/mol. The van der Waals surface area contributed by atoms with Crippen molar-refractivity contribution in [2.45, 2.75) is 33.8 Å². The maximum absolute atomic E-state index is 11.6. The molecule has 1 unspecified atom stereocenters. The predicted molar refractivity (Wildman–Crippen MR) is 73.1 cm³/mol. The maximum Gasteiger partial charge on any atom is 0.268 e. The molecular formula is C11H17IN2O3. The minimum atomic E-state index is -0.358. The second-order valence-corrected chi connectivity index (χ2v) is 5.87. The van der Waals surface area contributed by atoms with Crippen LogP contribution in [0.5, 0.6) is 5.88 Å². The van der Waals surface area contributed by atoms with Crippen LogP contribution in [0.25, 0.3) is 0 Å². The lowest BCUT2D eigenvalue weighted by Gasteiger charge is -2.29. The van der Waals surface area contributed by atoms with Gasteiger partial charge in [0.1, 0.15) is 15.5 Å². The van der Waals surface area contributed by atoms with Crippen LogP contribution in [-0.2, 0) is 4.74 Å². The molecule has 0 aliphatic heterocycles. The lowest BCUT2D eigenvalue weighted by atomic mass is 9.88. The Bertz CT molecular complexity index is 451. The Morgan fingerprint density at radius 2 is 2.12 bits per heavy atom. The van der Waals surface area contributed by atoms with Gasteiger partial charge in [-0.05, 0) is 34.9 Å². The Balaban J connectivity index is 3.25. The number of rotatable bonds is 3. The monoisotopic (exact) mass is 352 g/mol.